The largest absolute Gasteiger partial charge is 0.451 e. The first-order valence-corrected chi connectivity index (χ1v) is 11.8. The molecule has 4 heteroatoms. The molecule has 0 aliphatic heterocycles. The number of esters is 1. The van der Waals surface area contributed by atoms with Gasteiger partial charge in [0.1, 0.15) is 0 Å². The van der Waals surface area contributed by atoms with Gasteiger partial charge in [-0.05, 0) is 86.7 Å². The number of carbonyl (C=O) groups excluding carboxylic acids is 3. The second-order valence-corrected chi connectivity index (χ2v) is 10.8. The molecule has 0 N–H and O–H groups in total. The predicted molar refractivity (Wildman–Crippen MR) is 120 cm³/mol. The van der Waals surface area contributed by atoms with Crippen molar-refractivity contribution < 1.29 is 19.1 Å². The van der Waals surface area contributed by atoms with Crippen molar-refractivity contribution in [2.24, 2.45) is 34.5 Å². The van der Waals surface area contributed by atoms with E-state index in [4.69, 9.17) is 4.74 Å². The minimum absolute atomic E-state index is 0.0257. The van der Waals surface area contributed by atoms with Crippen molar-refractivity contribution in [1.29, 1.82) is 0 Å². The first-order chi connectivity index (χ1) is 14.5. The van der Waals surface area contributed by atoms with E-state index in [1.165, 1.54) is 18.1 Å². The molecule has 4 rings (SSSR count). The number of fused-ring (bicyclic) bond motifs is 5. The van der Waals surface area contributed by atoms with Crippen molar-refractivity contribution in [3.63, 3.8) is 0 Å². The van der Waals surface area contributed by atoms with Crippen molar-refractivity contribution in [3.8, 4) is 0 Å². The van der Waals surface area contributed by atoms with Crippen LogP contribution in [0.25, 0.3) is 0 Å². The van der Waals surface area contributed by atoms with E-state index in [0.717, 1.165) is 25.7 Å². The Morgan fingerprint density at radius 1 is 1.19 bits per heavy atom. The van der Waals surface area contributed by atoms with Crippen LogP contribution in [0.5, 0.6) is 0 Å². The summed E-state index contributed by atoms with van der Waals surface area (Å²) in [5.74, 6) is 1.09. The first-order valence-electron chi connectivity index (χ1n) is 11.8. The maximum Gasteiger partial charge on any atom is 0.303 e. The summed E-state index contributed by atoms with van der Waals surface area (Å²) < 4.78 is 5.87. The number of hydrogen-bond donors (Lipinski definition) is 0. The molecule has 2 fully saturated rings. The van der Waals surface area contributed by atoms with E-state index in [2.05, 4.69) is 33.4 Å². The van der Waals surface area contributed by atoms with E-state index in [-0.39, 0.29) is 40.2 Å². The Bertz CT molecular complexity index is 910. The van der Waals surface area contributed by atoms with Crippen molar-refractivity contribution >= 4 is 17.5 Å². The summed E-state index contributed by atoms with van der Waals surface area (Å²) in [6.45, 7) is 13.6. The van der Waals surface area contributed by atoms with Crippen LogP contribution in [-0.4, -0.2) is 23.1 Å². The summed E-state index contributed by atoms with van der Waals surface area (Å²) in [4.78, 5) is 37.4. The number of allylic oxidation sites excluding steroid dienone is 5. The molecule has 0 heterocycles. The average molecular weight is 425 g/mol. The van der Waals surface area contributed by atoms with Gasteiger partial charge in [0.05, 0.1) is 0 Å². The van der Waals surface area contributed by atoms with Crippen LogP contribution in [0.4, 0.5) is 0 Å². The van der Waals surface area contributed by atoms with Gasteiger partial charge in [-0.15, -0.1) is 6.58 Å². The van der Waals surface area contributed by atoms with Gasteiger partial charge >= 0.3 is 5.97 Å². The fourth-order valence-corrected chi connectivity index (χ4v) is 8.19. The lowest BCUT2D eigenvalue weighted by Gasteiger charge is -2.60. The topological polar surface area (TPSA) is 60.4 Å². The SMILES string of the molecule is C=CCC1CC(=O)C=C2C(C)=C[C@H]3[C@@H]4CC[C@](OC(C)=O)(C(C)=O)[C@@]4(C)CC[C@@H]3[C@]21C. The van der Waals surface area contributed by atoms with Crippen LogP contribution in [0, 0.1) is 34.5 Å². The summed E-state index contributed by atoms with van der Waals surface area (Å²) >= 11 is 0. The zero-order valence-corrected chi connectivity index (χ0v) is 19.6. The molecule has 168 valence electrons. The highest BCUT2D eigenvalue weighted by Gasteiger charge is 2.68. The number of Topliss-reactive ketones (excluding diaryl/α,β-unsaturated/α-hetero) is 1. The lowest BCUT2D eigenvalue weighted by atomic mass is 9.44. The molecule has 7 atom stereocenters. The summed E-state index contributed by atoms with van der Waals surface area (Å²) in [6.07, 6.45) is 10.9. The quantitative estimate of drug-likeness (QED) is 0.449. The van der Waals surface area contributed by atoms with Gasteiger partial charge in [-0.2, -0.15) is 0 Å². The Morgan fingerprint density at radius 2 is 1.87 bits per heavy atom. The van der Waals surface area contributed by atoms with Crippen molar-refractivity contribution in [2.45, 2.75) is 78.7 Å². The van der Waals surface area contributed by atoms with Gasteiger partial charge in [0.2, 0.25) is 0 Å². The Kier molecular flexibility index (Phi) is 5.22. The van der Waals surface area contributed by atoms with Gasteiger partial charge in [0.15, 0.2) is 17.2 Å². The van der Waals surface area contributed by atoms with E-state index < -0.39 is 5.60 Å². The first kappa shape index (κ1) is 22.2. The van der Waals surface area contributed by atoms with E-state index in [1.807, 2.05) is 12.2 Å². The molecular formula is C27H36O4. The molecule has 4 nitrogen and oxygen atoms in total. The second kappa shape index (κ2) is 7.28. The van der Waals surface area contributed by atoms with E-state index in [1.54, 1.807) is 6.92 Å². The van der Waals surface area contributed by atoms with Crippen molar-refractivity contribution in [1.82, 2.24) is 0 Å². The van der Waals surface area contributed by atoms with Crippen LogP contribution in [-0.2, 0) is 19.1 Å². The summed E-state index contributed by atoms with van der Waals surface area (Å²) in [5, 5.41) is 0. The molecule has 2 saturated carbocycles. The minimum atomic E-state index is -1.02. The van der Waals surface area contributed by atoms with Crippen LogP contribution in [0.15, 0.2) is 36.0 Å². The Balaban J connectivity index is 1.81. The highest BCUT2D eigenvalue weighted by Crippen LogP contribution is 2.68. The van der Waals surface area contributed by atoms with Gasteiger partial charge in [-0.1, -0.05) is 31.6 Å². The second-order valence-electron chi connectivity index (χ2n) is 10.8. The smallest absolute Gasteiger partial charge is 0.303 e. The third-order valence-electron chi connectivity index (χ3n) is 9.61. The van der Waals surface area contributed by atoms with Crippen LogP contribution in [0.2, 0.25) is 0 Å². The lowest BCUT2D eigenvalue weighted by molar-refractivity contribution is -0.185. The number of ketones is 2. The van der Waals surface area contributed by atoms with Crippen molar-refractivity contribution in [3.05, 3.63) is 36.0 Å². The Hall–Kier alpha value is -1.97. The molecule has 0 aromatic carbocycles. The third-order valence-corrected chi connectivity index (χ3v) is 9.61. The maximum absolute atomic E-state index is 12.9. The maximum atomic E-state index is 12.9. The summed E-state index contributed by atoms with van der Waals surface area (Å²) in [6, 6.07) is 0. The molecule has 0 amide bonds. The fourth-order valence-electron chi connectivity index (χ4n) is 8.19. The predicted octanol–water partition coefficient (Wildman–Crippen LogP) is 5.38. The Labute approximate surface area is 186 Å². The van der Waals surface area contributed by atoms with Crippen LogP contribution >= 0.6 is 0 Å². The van der Waals surface area contributed by atoms with E-state index in [9.17, 15) is 14.4 Å². The lowest BCUT2D eigenvalue weighted by Crippen LogP contribution is -2.59. The zero-order chi connectivity index (χ0) is 22.8. The molecule has 0 radical (unpaired) electrons. The van der Waals surface area contributed by atoms with Gasteiger partial charge in [0.25, 0.3) is 0 Å². The number of ether oxygens (including phenoxy) is 1. The van der Waals surface area contributed by atoms with Gasteiger partial charge in [-0.25, -0.2) is 0 Å². The van der Waals surface area contributed by atoms with Gasteiger partial charge in [-0.3, -0.25) is 14.4 Å². The number of hydrogen-bond acceptors (Lipinski definition) is 4. The van der Waals surface area contributed by atoms with E-state index in [0.29, 0.717) is 24.7 Å². The molecule has 4 aliphatic rings. The van der Waals surface area contributed by atoms with Crippen LogP contribution < -0.4 is 0 Å². The van der Waals surface area contributed by atoms with Crippen LogP contribution in [0.1, 0.15) is 73.1 Å². The third kappa shape index (κ3) is 2.89. The molecule has 31 heavy (non-hydrogen) atoms. The fraction of sp³-hybridized carbons (Fsp3) is 0.667. The van der Waals surface area contributed by atoms with Gasteiger partial charge in [0, 0.05) is 18.8 Å². The average Bonchev–Trinajstić information content (AvgIpc) is 2.97. The summed E-state index contributed by atoms with van der Waals surface area (Å²) in [5.41, 5.74) is 0.948. The standard InChI is InChI=1S/C27H36O4/c1-7-8-19-14-20(30)15-24-16(2)13-21-22-10-12-27(17(3)28,31-18(4)29)25(22,5)11-9-23(21)26(19,24)6/h7,13,15,19,21-23H,1,8-12,14H2,2-6H3/t19?,21-,22-,23-,25-,26+,27-/m0/s1. The molecule has 0 bridgehead atoms. The normalized spacial score (nSPS) is 43.7. The summed E-state index contributed by atoms with van der Waals surface area (Å²) in [7, 11) is 0. The Morgan fingerprint density at radius 3 is 2.48 bits per heavy atom. The molecule has 0 aromatic heterocycles. The van der Waals surface area contributed by atoms with Gasteiger partial charge < -0.3 is 4.74 Å². The molecule has 4 aliphatic carbocycles. The molecule has 0 aromatic rings. The molecule has 0 spiro atoms. The molecule has 0 saturated heterocycles. The monoisotopic (exact) mass is 424 g/mol. The van der Waals surface area contributed by atoms with E-state index >= 15 is 0 Å². The van der Waals surface area contributed by atoms with Crippen molar-refractivity contribution in [2.75, 3.05) is 0 Å². The number of carbonyl (C=O) groups is 3. The highest BCUT2D eigenvalue weighted by molar-refractivity contribution is 5.93. The molecule has 1 unspecified atom stereocenters. The zero-order valence-electron chi connectivity index (χ0n) is 19.6. The highest BCUT2D eigenvalue weighted by atomic mass is 16.6. The minimum Gasteiger partial charge on any atom is -0.451 e. The van der Waals surface area contributed by atoms with Crippen LogP contribution in [0.3, 0.4) is 0 Å². The molecular weight excluding hydrogens is 388 g/mol. The number of rotatable bonds is 4.